The number of para-hydroxylation sites is 1. The molecule has 1 aromatic heterocycles. The fourth-order valence-electron chi connectivity index (χ4n) is 3.33. The molecule has 1 N–H and O–H groups in total. The van der Waals surface area contributed by atoms with Crippen molar-refractivity contribution in [2.45, 2.75) is 33.4 Å². The molecule has 0 aliphatic carbocycles. The Morgan fingerprint density at radius 1 is 1.18 bits per heavy atom. The Labute approximate surface area is 196 Å². The number of nitrogens with zero attached hydrogens (tertiary/aromatic N) is 4. The molecule has 33 heavy (non-hydrogen) atoms. The number of carbonyl (C=O) groups is 3. The van der Waals surface area contributed by atoms with Crippen LogP contribution in [0.3, 0.4) is 0 Å². The van der Waals surface area contributed by atoms with E-state index in [0.717, 1.165) is 0 Å². The molecule has 0 saturated carbocycles. The van der Waals surface area contributed by atoms with Gasteiger partial charge in [0, 0.05) is 37.6 Å². The fourth-order valence-corrected chi connectivity index (χ4v) is 4.10. The first kappa shape index (κ1) is 24.4. The molecule has 0 atom stereocenters. The van der Waals surface area contributed by atoms with E-state index in [0.29, 0.717) is 43.5 Å². The van der Waals surface area contributed by atoms with Gasteiger partial charge in [0.05, 0.1) is 18.8 Å². The SMILES string of the molecule is CCOC(=O)N1CCN(C(=O)c2csc(CN(C(=O)Nc3ccccc3F)C(C)C)n2)CC1. The summed E-state index contributed by atoms with van der Waals surface area (Å²) >= 11 is 1.29. The zero-order valence-corrected chi connectivity index (χ0v) is 19.7. The first-order valence-corrected chi connectivity index (χ1v) is 11.7. The van der Waals surface area contributed by atoms with Crippen molar-refractivity contribution in [1.29, 1.82) is 0 Å². The van der Waals surface area contributed by atoms with E-state index in [1.54, 1.807) is 34.2 Å². The van der Waals surface area contributed by atoms with Gasteiger partial charge in [0.25, 0.3) is 5.91 Å². The maximum Gasteiger partial charge on any atom is 0.409 e. The summed E-state index contributed by atoms with van der Waals surface area (Å²) in [7, 11) is 0. The number of halogens is 1. The molecule has 9 nitrogen and oxygen atoms in total. The zero-order valence-electron chi connectivity index (χ0n) is 18.9. The van der Waals surface area contributed by atoms with Crippen LogP contribution < -0.4 is 5.32 Å². The molecule has 0 bridgehead atoms. The van der Waals surface area contributed by atoms with Gasteiger partial charge < -0.3 is 24.8 Å². The number of hydrogen-bond acceptors (Lipinski definition) is 6. The lowest BCUT2D eigenvalue weighted by atomic mass is 10.3. The lowest BCUT2D eigenvalue weighted by molar-refractivity contribution is 0.0566. The van der Waals surface area contributed by atoms with Crippen LogP contribution in [-0.2, 0) is 11.3 Å². The Morgan fingerprint density at radius 3 is 2.48 bits per heavy atom. The van der Waals surface area contributed by atoms with Gasteiger partial charge in [0.15, 0.2) is 0 Å². The summed E-state index contributed by atoms with van der Waals surface area (Å²) < 4.78 is 18.9. The third-order valence-electron chi connectivity index (χ3n) is 5.17. The third-order valence-corrected chi connectivity index (χ3v) is 6.00. The van der Waals surface area contributed by atoms with Gasteiger partial charge in [0.2, 0.25) is 0 Å². The molecule has 1 aromatic carbocycles. The lowest BCUT2D eigenvalue weighted by Crippen LogP contribution is -2.50. The quantitative estimate of drug-likeness (QED) is 0.686. The highest BCUT2D eigenvalue weighted by molar-refractivity contribution is 7.09. The minimum Gasteiger partial charge on any atom is -0.450 e. The van der Waals surface area contributed by atoms with Crippen molar-refractivity contribution in [1.82, 2.24) is 19.7 Å². The van der Waals surface area contributed by atoms with E-state index in [1.165, 1.54) is 28.4 Å². The predicted octanol–water partition coefficient (Wildman–Crippen LogP) is 3.64. The molecule has 1 aliphatic heterocycles. The molecule has 0 spiro atoms. The zero-order chi connectivity index (χ0) is 24.0. The molecular weight excluding hydrogens is 449 g/mol. The molecule has 2 aromatic rings. The topological polar surface area (TPSA) is 95.1 Å². The number of rotatable bonds is 6. The first-order valence-electron chi connectivity index (χ1n) is 10.8. The Bertz CT molecular complexity index is 991. The van der Waals surface area contributed by atoms with Crippen molar-refractivity contribution >= 4 is 35.1 Å². The summed E-state index contributed by atoms with van der Waals surface area (Å²) in [5, 5.41) is 4.85. The van der Waals surface area contributed by atoms with E-state index in [-0.39, 0.29) is 30.3 Å². The number of piperazine rings is 1. The Morgan fingerprint density at radius 2 is 1.85 bits per heavy atom. The monoisotopic (exact) mass is 477 g/mol. The van der Waals surface area contributed by atoms with Crippen LogP contribution in [-0.4, -0.2) is 76.5 Å². The summed E-state index contributed by atoms with van der Waals surface area (Å²) in [5.41, 5.74) is 0.405. The Balaban J connectivity index is 1.60. The summed E-state index contributed by atoms with van der Waals surface area (Å²) in [6.07, 6.45) is -0.372. The van der Waals surface area contributed by atoms with Gasteiger partial charge in [-0.2, -0.15) is 0 Å². The molecule has 11 heteroatoms. The van der Waals surface area contributed by atoms with Crippen LogP contribution >= 0.6 is 11.3 Å². The number of thiazole rings is 1. The van der Waals surface area contributed by atoms with E-state index < -0.39 is 11.8 Å². The maximum absolute atomic E-state index is 13.9. The number of hydrogen-bond donors (Lipinski definition) is 1. The number of ether oxygens (including phenoxy) is 1. The van der Waals surface area contributed by atoms with Gasteiger partial charge in [-0.1, -0.05) is 12.1 Å². The van der Waals surface area contributed by atoms with Crippen molar-refractivity contribution in [3.05, 3.63) is 46.2 Å². The molecule has 2 heterocycles. The highest BCUT2D eigenvalue weighted by Gasteiger charge is 2.27. The number of aromatic nitrogens is 1. The van der Waals surface area contributed by atoms with Crippen LogP contribution in [0.25, 0.3) is 0 Å². The third kappa shape index (κ3) is 6.19. The number of benzene rings is 1. The van der Waals surface area contributed by atoms with Gasteiger partial charge in [0.1, 0.15) is 16.5 Å². The van der Waals surface area contributed by atoms with E-state index in [4.69, 9.17) is 4.74 Å². The van der Waals surface area contributed by atoms with E-state index in [9.17, 15) is 18.8 Å². The summed E-state index contributed by atoms with van der Waals surface area (Å²) in [4.78, 5) is 46.6. The number of carbonyl (C=O) groups excluding carboxylic acids is 3. The highest BCUT2D eigenvalue weighted by Crippen LogP contribution is 2.19. The maximum atomic E-state index is 13.9. The second-order valence-corrected chi connectivity index (χ2v) is 8.68. The fraction of sp³-hybridized carbons (Fsp3) is 0.455. The van der Waals surface area contributed by atoms with Crippen LogP contribution in [0.15, 0.2) is 29.6 Å². The minimum atomic E-state index is -0.514. The van der Waals surface area contributed by atoms with Gasteiger partial charge in [-0.05, 0) is 32.9 Å². The number of anilines is 1. The molecule has 1 fully saturated rings. The predicted molar refractivity (Wildman–Crippen MR) is 123 cm³/mol. The molecule has 4 amide bonds. The number of amides is 4. The molecule has 1 aliphatic rings. The molecule has 178 valence electrons. The summed E-state index contributed by atoms with van der Waals surface area (Å²) in [6.45, 7) is 7.55. The molecular formula is C22H28FN5O4S. The van der Waals surface area contributed by atoms with Crippen molar-refractivity contribution in [3.8, 4) is 0 Å². The smallest absolute Gasteiger partial charge is 0.409 e. The van der Waals surface area contributed by atoms with Crippen LogP contribution in [0, 0.1) is 5.82 Å². The number of nitrogens with one attached hydrogen (secondary N) is 1. The normalized spacial score (nSPS) is 13.7. The second kappa shape index (κ2) is 11.1. The standard InChI is InChI=1S/C22H28FN5O4S/c1-4-32-22(31)27-11-9-26(10-12-27)20(29)18-14-33-19(24-18)13-28(15(2)3)21(30)25-17-8-6-5-7-16(17)23/h5-8,14-15H,4,9-13H2,1-3H3,(H,25,30). The van der Waals surface area contributed by atoms with Gasteiger partial charge >= 0.3 is 12.1 Å². The van der Waals surface area contributed by atoms with Crippen molar-refractivity contribution < 1.29 is 23.5 Å². The molecule has 1 saturated heterocycles. The largest absolute Gasteiger partial charge is 0.450 e. The first-order chi connectivity index (χ1) is 15.8. The van der Waals surface area contributed by atoms with Crippen LogP contribution in [0.5, 0.6) is 0 Å². The highest BCUT2D eigenvalue weighted by atomic mass is 32.1. The average Bonchev–Trinajstić information content (AvgIpc) is 3.27. The molecule has 3 rings (SSSR count). The average molecular weight is 478 g/mol. The Hall–Kier alpha value is -3.21. The second-order valence-electron chi connectivity index (χ2n) is 7.74. The van der Waals surface area contributed by atoms with E-state index in [2.05, 4.69) is 10.3 Å². The van der Waals surface area contributed by atoms with Crippen molar-refractivity contribution in [2.75, 3.05) is 38.1 Å². The van der Waals surface area contributed by atoms with Crippen LogP contribution in [0.4, 0.5) is 19.7 Å². The van der Waals surface area contributed by atoms with Crippen molar-refractivity contribution in [3.63, 3.8) is 0 Å². The number of urea groups is 1. The van der Waals surface area contributed by atoms with E-state index in [1.807, 2.05) is 13.8 Å². The molecule has 0 unspecified atom stereocenters. The Kier molecular flexibility index (Phi) is 8.21. The van der Waals surface area contributed by atoms with Crippen molar-refractivity contribution in [2.24, 2.45) is 0 Å². The lowest BCUT2D eigenvalue weighted by Gasteiger charge is -2.33. The summed E-state index contributed by atoms with van der Waals surface area (Å²) in [5.74, 6) is -0.729. The van der Waals surface area contributed by atoms with Gasteiger partial charge in [-0.25, -0.2) is 19.0 Å². The summed E-state index contributed by atoms with van der Waals surface area (Å²) in [6, 6.07) is 5.34. The van der Waals surface area contributed by atoms with Crippen LogP contribution in [0.1, 0.15) is 36.3 Å². The van der Waals surface area contributed by atoms with Gasteiger partial charge in [-0.3, -0.25) is 4.79 Å². The van der Waals surface area contributed by atoms with Gasteiger partial charge in [-0.15, -0.1) is 11.3 Å². The molecule has 0 radical (unpaired) electrons. The van der Waals surface area contributed by atoms with E-state index >= 15 is 0 Å². The van der Waals surface area contributed by atoms with Crippen LogP contribution in [0.2, 0.25) is 0 Å². The minimum absolute atomic E-state index is 0.102.